The zero-order valence-electron chi connectivity index (χ0n) is 14.4. The molecule has 0 radical (unpaired) electrons. The third-order valence-electron chi connectivity index (χ3n) is 3.54. The first-order valence-corrected chi connectivity index (χ1v) is 9.11. The van der Waals surface area contributed by atoms with Crippen LogP contribution < -0.4 is 16.0 Å². The summed E-state index contributed by atoms with van der Waals surface area (Å²) in [6, 6.07) is 11.8. The molecule has 3 N–H and O–H groups in total. The minimum absolute atomic E-state index is 0.0467. The van der Waals surface area contributed by atoms with Crippen molar-refractivity contribution in [2.24, 2.45) is 0 Å². The number of carbonyl (C=O) groups excluding carboxylic acids is 2. The molecule has 26 heavy (non-hydrogen) atoms. The minimum atomic E-state index is -0.249. The van der Waals surface area contributed by atoms with Gasteiger partial charge in [-0.3, -0.25) is 9.59 Å². The molecule has 2 rings (SSSR count). The highest BCUT2D eigenvalue weighted by Crippen LogP contribution is 2.22. The molecule has 5 nitrogen and oxygen atoms in total. The standard InChI is InChI=1S/C19H21Cl2N3O2/c1-2-3-7-22-19(26)13-5-4-6-16(8-13)23-12-18(25)24-17-10-14(20)9-15(21)11-17/h4-6,8-11,23H,2-3,7,12H2,1H3,(H,22,26)(H,24,25). The SMILES string of the molecule is CCCCNC(=O)c1cccc(NCC(=O)Nc2cc(Cl)cc(Cl)c2)c1. The van der Waals surface area contributed by atoms with Gasteiger partial charge in [0.15, 0.2) is 0 Å². The lowest BCUT2D eigenvalue weighted by atomic mass is 10.2. The molecule has 0 saturated heterocycles. The Labute approximate surface area is 163 Å². The molecular formula is C19H21Cl2N3O2. The molecule has 7 heteroatoms. The van der Waals surface area contributed by atoms with Crippen LogP contribution in [0.15, 0.2) is 42.5 Å². The van der Waals surface area contributed by atoms with Crippen LogP contribution in [0.1, 0.15) is 30.1 Å². The molecule has 0 aliphatic rings. The number of rotatable bonds is 8. The van der Waals surface area contributed by atoms with E-state index in [-0.39, 0.29) is 18.4 Å². The Morgan fingerprint density at radius 2 is 1.73 bits per heavy atom. The minimum Gasteiger partial charge on any atom is -0.376 e. The molecule has 0 heterocycles. The third kappa shape index (κ3) is 6.58. The van der Waals surface area contributed by atoms with Gasteiger partial charge in [0.25, 0.3) is 5.91 Å². The smallest absolute Gasteiger partial charge is 0.251 e. The Hall–Kier alpha value is -2.24. The zero-order valence-corrected chi connectivity index (χ0v) is 16.0. The van der Waals surface area contributed by atoms with Gasteiger partial charge in [-0.2, -0.15) is 0 Å². The lowest BCUT2D eigenvalue weighted by Crippen LogP contribution is -2.25. The van der Waals surface area contributed by atoms with Gasteiger partial charge in [0.1, 0.15) is 0 Å². The molecule has 2 aromatic carbocycles. The fourth-order valence-corrected chi connectivity index (χ4v) is 2.79. The number of amides is 2. The lowest BCUT2D eigenvalue weighted by Gasteiger charge is -2.10. The Balaban J connectivity index is 1.89. The number of unbranched alkanes of at least 4 members (excludes halogenated alkanes) is 1. The van der Waals surface area contributed by atoms with Crippen LogP contribution in [0, 0.1) is 0 Å². The number of halogens is 2. The van der Waals surface area contributed by atoms with Gasteiger partial charge in [-0.25, -0.2) is 0 Å². The summed E-state index contributed by atoms with van der Waals surface area (Å²) in [5.41, 5.74) is 1.76. The van der Waals surface area contributed by atoms with Crippen LogP contribution in [-0.4, -0.2) is 24.9 Å². The Morgan fingerprint density at radius 1 is 1.00 bits per heavy atom. The highest BCUT2D eigenvalue weighted by molar-refractivity contribution is 6.35. The zero-order chi connectivity index (χ0) is 18.9. The third-order valence-corrected chi connectivity index (χ3v) is 3.98. The van der Waals surface area contributed by atoms with E-state index in [2.05, 4.69) is 22.9 Å². The fourth-order valence-electron chi connectivity index (χ4n) is 2.26. The molecule has 0 aliphatic carbocycles. The summed E-state index contributed by atoms with van der Waals surface area (Å²) in [5, 5.41) is 9.47. The molecule has 0 fully saturated rings. The van der Waals surface area contributed by atoms with E-state index in [0.717, 1.165) is 12.8 Å². The summed E-state index contributed by atoms with van der Waals surface area (Å²) >= 11 is 11.8. The second kappa shape index (κ2) is 10.0. The number of anilines is 2. The lowest BCUT2D eigenvalue weighted by molar-refractivity contribution is -0.114. The van der Waals surface area contributed by atoms with Crippen molar-refractivity contribution in [3.8, 4) is 0 Å². The maximum Gasteiger partial charge on any atom is 0.251 e. The average molecular weight is 394 g/mol. The molecule has 138 valence electrons. The van der Waals surface area contributed by atoms with E-state index in [0.29, 0.717) is 33.5 Å². The van der Waals surface area contributed by atoms with Gasteiger partial charge in [-0.15, -0.1) is 0 Å². The quantitative estimate of drug-likeness (QED) is 0.575. The van der Waals surface area contributed by atoms with Gasteiger partial charge in [-0.05, 0) is 42.8 Å². The van der Waals surface area contributed by atoms with Gasteiger partial charge in [-0.1, -0.05) is 42.6 Å². The van der Waals surface area contributed by atoms with Gasteiger partial charge < -0.3 is 16.0 Å². The number of nitrogens with one attached hydrogen (secondary N) is 3. The molecule has 2 aromatic rings. The summed E-state index contributed by atoms with van der Waals surface area (Å²) in [4.78, 5) is 24.1. The normalized spacial score (nSPS) is 10.3. The van der Waals surface area contributed by atoms with Crippen LogP contribution in [0.4, 0.5) is 11.4 Å². The first-order chi connectivity index (χ1) is 12.5. The molecule has 2 amide bonds. The topological polar surface area (TPSA) is 70.2 Å². The number of carbonyl (C=O) groups is 2. The maximum absolute atomic E-state index is 12.1. The van der Waals surface area contributed by atoms with E-state index in [1.807, 2.05) is 0 Å². The van der Waals surface area contributed by atoms with E-state index in [1.165, 1.54) is 0 Å². The van der Waals surface area contributed by atoms with E-state index in [9.17, 15) is 9.59 Å². The predicted molar refractivity (Wildman–Crippen MR) is 107 cm³/mol. The van der Waals surface area contributed by atoms with Gasteiger partial charge in [0, 0.05) is 33.5 Å². The highest BCUT2D eigenvalue weighted by Gasteiger charge is 2.07. The second-order valence-corrected chi connectivity index (χ2v) is 6.62. The van der Waals surface area contributed by atoms with Crippen LogP contribution in [0.25, 0.3) is 0 Å². The summed E-state index contributed by atoms with van der Waals surface area (Å²) in [6.45, 7) is 2.77. The summed E-state index contributed by atoms with van der Waals surface area (Å²) < 4.78 is 0. The van der Waals surface area contributed by atoms with Crippen molar-refractivity contribution < 1.29 is 9.59 Å². The van der Waals surface area contributed by atoms with Crippen LogP contribution in [-0.2, 0) is 4.79 Å². The van der Waals surface area contributed by atoms with E-state index < -0.39 is 0 Å². The maximum atomic E-state index is 12.1. The molecule has 0 spiro atoms. The first kappa shape index (κ1) is 20.1. The van der Waals surface area contributed by atoms with Crippen LogP contribution >= 0.6 is 23.2 Å². The van der Waals surface area contributed by atoms with Gasteiger partial charge in [0.05, 0.1) is 6.54 Å². The summed E-state index contributed by atoms with van der Waals surface area (Å²) in [6.07, 6.45) is 1.96. The van der Waals surface area contributed by atoms with Crippen molar-refractivity contribution in [2.45, 2.75) is 19.8 Å². The molecule has 0 bridgehead atoms. The number of benzene rings is 2. The van der Waals surface area contributed by atoms with Crippen molar-refractivity contribution in [2.75, 3.05) is 23.7 Å². The highest BCUT2D eigenvalue weighted by atomic mass is 35.5. The van der Waals surface area contributed by atoms with E-state index in [4.69, 9.17) is 23.2 Å². The van der Waals surface area contributed by atoms with Gasteiger partial charge in [0.2, 0.25) is 5.91 Å². The Bertz CT molecular complexity index is 761. The molecule has 0 aliphatic heterocycles. The molecule has 0 atom stereocenters. The number of hydrogen-bond donors (Lipinski definition) is 3. The van der Waals surface area contributed by atoms with E-state index >= 15 is 0 Å². The molecule has 0 unspecified atom stereocenters. The largest absolute Gasteiger partial charge is 0.376 e. The van der Waals surface area contributed by atoms with Crippen molar-refractivity contribution in [3.63, 3.8) is 0 Å². The van der Waals surface area contributed by atoms with Gasteiger partial charge >= 0.3 is 0 Å². The molecular weight excluding hydrogens is 373 g/mol. The summed E-state index contributed by atoms with van der Waals surface area (Å²) in [5.74, 6) is -0.374. The van der Waals surface area contributed by atoms with Crippen LogP contribution in [0.3, 0.4) is 0 Å². The van der Waals surface area contributed by atoms with Crippen molar-refractivity contribution >= 4 is 46.4 Å². The van der Waals surface area contributed by atoms with Crippen molar-refractivity contribution in [3.05, 3.63) is 58.1 Å². The fraction of sp³-hybridized carbons (Fsp3) is 0.263. The molecule has 0 aromatic heterocycles. The molecule has 0 saturated carbocycles. The van der Waals surface area contributed by atoms with Crippen LogP contribution in [0.5, 0.6) is 0 Å². The van der Waals surface area contributed by atoms with E-state index in [1.54, 1.807) is 42.5 Å². The Kier molecular flexibility index (Phi) is 7.75. The van der Waals surface area contributed by atoms with Crippen LogP contribution in [0.2, 0.25) is 10.0 Å². The second-order valence-electron chi connectivity index (χ2n) is 5.75. The monoisotopic (exact) mass is 393 g/mol. The predicted octanol–water partition coefficient (Wildman–Crippen LogP) is 4.57. The average Bonchev–Trinajstić information content (AvgIpc) is 2.59. The van der Waals surface area contributed by atoms with Crippen molar-refractivity contribution in [1.29, 1.82) is 0 Å². The summed E-state index contributed by atoms with van der Waals surface area (Å²) in [7, 11) is 0. The first-order valence-electron chi connectivity index (χ1n) is 8.36. The Morgan fingerprint density at radius 3 is 2.42 bits per heavy atom. The van der Waals surface area contributed by atoms with Crippen molar-refractivity contribution in [1.82, 2.24) is 5.32 Å². The number of hydrogen-bond acceptors (Lipinski definition) is 3.